The van der Waals surface area contributed by atoms with Crippen molar-refractivity contribution in [2.24, 2.45) is 0 Å². The number of rotatable bonds is 5. The second-order valence-corrected chi connectivity index (χ2v) is 7.43. The molecule has 0 spiro atoms. The van der Waals surface area contributed by atoms with Gasteiger partial charge < -0.3 is 4.74 Å². The molecule has 112 valence electrons. The van der Waals surface area contributed by atoms with Gasteiger partial charge in [0.2, 0.25) is 10.0 Å². The largest absolute Gasteiger partial charge is 0.376 e. The Hall–Kier alpha value is -0.700. The fourth-order valence-electron chi connectivity index (χ4n) is 1.96. The van der Waals surface area contributed by atoms with Crippen molar-refractivity contribution in [3.05, 3.63) is 29.8 Å². The fraction of sp³-hybridized carbons (Fsp3) is 0.500. The third-order valence-electron chi connectivity index (χ3n) is 3.27. The highest BCUT2D eigenvalue weighted by Crippen LogP contribution is 2.30. The molecule has 1 N–H and O–H groups in total. The van der Waals surface area contributed by atoms with Gasteiger partial charge in [0.15, 0.2) is 0 Å². The van der Waals surface area contributed by atoms with Crippen molar-refractivity contribution < 1.29 is 21.9 Å². The average Bonchev–Trinajstić information content (AvgIpc) is 2.85. The smallest absolute Gasteiger partial charge is 0.243 e. The lowest BCUT2D eigenvalue weighted by Gasteiger charge is -2.26. The van der Waals surface area contributed by atoms with Crippen LogP contribution in [0.1, 0.15) is 6.42 Å². The number of nitrogens with one attached hydrogen (secondary N) is 1. The average molecular weight is 323 g/mol. The van der Waals surface area contributed by atoms with E-state index < -0.39 is 32.2 Å². The molecule has 0 bridgehead atoms. The van der Waals surface area contributed by atoms with Crippen molar-refractivity contribution in [1.82, 2.24) is 4.72 Å². The van der Waals surface area contributed by atoms with Crippen LogP contribution < -0.4 is 4.72 Å². The van der Waals surface area contributed by atoms with Crippen LogP contribution in [-0.4, -0.2) is 39.2 Å². The van der Waals surface area contributed by atoms with Crippen molar-refractivity contribution in [2.45, 2.75) is 16.9 Å². The number of sulfonamides is 1. The van der Waals surface area contributed by atoms with E-state index in [1.165, 1.54) is 7.11 Å². The first-order valence-electron chi connectivity index (χ1n) is 5.96. The van der Waals surface area contributed by atoms with Crippen LogP contribution >= 0.6 is 11.8 Å². The molecule has 1 unspecified atom stereocenters. The molecule has 20 heavy (non-hydrogen) atoms. The minimum atomic E-state index is -4.02. The zero-order chi connectivity index (χ0) is 14.8. The lowest BCUT2D eigenvalue weighted by Crippen LogP contribution is -2.44. The van der Waals surface area contributed by atoms with Gasteiger partial charge in [0, 0.05) is 25.5 Å². The van der Waals surface area contributed by atoms with Gasteiger partial charge >= 0.3 is 0 Å². The summed E-state index contributed by atoms with van der Waals surface area (Å²) in [6.07, 6.45) is 0.725. The molecule has 4 nitrogen and oxygen atoms in total. The second kappa shape index (κ2) is 5.97. The van der Waals surface area contributed by atoms with E-state index in [0.29, 0.717) is 11.8 Å². The maximum Gasteiger partial charge on any atom is 0.243 e. The van der Waals surface area contributed by atoms with Crippen LogP contribution in [0.25, 0.3) is 0 Å². The zero-order valence-electron chi connectivity index (χ0n) is 10.9. The van der Waals surface area contributed by atoms with E-state index in [2.05, 4.69) is 4.72 Å². The Morgan fingerprint density at radius 2 is 2.20 bits per heavy atom. The molecular formula is C12H15F2NO3S2. The second-order valence-electron chi connectivity index (χ2n) is 4.59. The number of methoxy groups -OCH3 is 1. The normalized spacial score (nSPS) is 23.1. The molecule has 1 aromatic rings. The molecule has 0 aliphatic carbocycles. The van der Waals surface area contributed by atoms with Crippen LogP contribution in [0.4, 0.5) is 8.78 Å². The van der Waals surface area contributed by atoms with Gasteiger partial charge in [-0.1, -0.05) is 0 Å². The Labute approximate surface area is 120 Å². The van der Waals surface area contributed by atoms with Gasteiger partial charge in [0.1, 0.15) is 16.5 Å². The molecule has 0 amide bonds. The van der Waals surface area contributed by atoms with Crippen molar-refractivity contribution in [1.29, 1.82) is 0 Å². The van der Waals surface area contributed by atoms with E-state index >= 15 is 0 Å². The molecule has 0 saturated carbocycles. The van der Waals surface area contributed by atoms with E-state index in [1.54, 1.807) is 11.8 Å². The monoisotopic (exact) mass is 323 g/mol. The van der Waals surface area contributed by atoms with Crippen molar-refractivity contribution in [2.75, 3.05) is 25.2 Å². The van der Waals surface area contributed by atoms with E-state index in [0.717, 1.165) is 24.3 Å². The molecule has 1 saturated heterocycles. The molecule has 1 fully saturated rings. The number of halogens is 2. The summed E-state index contributed by atoms with van der Waals surface area (Å²) in [7, 11) is -2.50. The summed E-state index contributed by atoms with van der Waals surface area (Å²) in [6.45, 7) is 0.0651. The van der Waals surface area contributed by atoms with Gasteiger partial charge in [-0.05, 0) is 24.3 Å². The Morgan fingerprint density at radius 1 is 1.45 bits per heavy atom. The minimum absolute atomic E-state index is 0.0651. The third kappa shape index (κ3) is 3.30. The number of hydrogen-bond acceptors (Lipinski definition) is 4. The van der Waals surface area contributed by atoms with Gasteiger partial charge in [0.05, 0.1) is 5.60 Å². The number of hydrogen-bond donors (Lipinski definition) is 1. The SMILES string of the molecule is COC1(CNS(=O)(=O)c2ccc(F)cc2F)CCSC1. The molecule has 1 aliphatic heterocycles. The number of ether oxygens (including phenoxy) is 1. The molecule has 1 aromatic carbocycles. The van der Waals surface area contributed by atoms with Crippen LogP contribution in [0.5, 0.6) is 0 Å². The van der Waals surface area contributed by atoms with Crippen LogP contribution in [0.15, 0.2) is 23.1 Å². The molecule has 1 heterocycles. The summed E-state index contributed by atoms with van der Waals surface area (Å²) in [5, 5.41) is 0. The molecule has 1 aliphatic rings. The molecule has 1 atom stereocenters. The summed E-state index contributed by atoms with van der Waals surface area (Å²) in [5.41, 5.74) is -0.561. The predicted molar refractivity (Wildman–Crippen MR) is 73.2 cm³/mol. The predicted octanol–water partition coefficient (Wildman–Crippen LogP) is 1.77. The van der Waals surface area contributed by atoms with Crippen molar-refractivity contribution >= 4 is 21.8 Å². The van der Waals surface area contributed by atoms with Crippen LogP contribution in [0.2, 0.25) is 0 Å². The number of benzene rings is 1. The topological polar surface area (TPSA) is 55.4 Å². The Bertz CT molecular complexity index is 586. The first-order chi connectivity index (χ1) is 9.38. The highest BCUT2D eigenvalue weighted by Gasteiger charge is 2.36. The zero-order valence-corrected chi connectivity index (χ0v) is 12.5. The van der Waals surface area contributed by atoms with Crippen LogP contribution in [-0.2, 0) is 14.8 Å². The third-order valence-corrected chi connectivity index (χ3v) is 5.93. The Balaban J connectivity index is 2.15. The summed E-state index contributed by atoms with van der Waals surface area (Å²) >= 11 is 1.67. The Kier molecular flexibility index (Phi) is 4.68. The van der Waals surface area contributed by atoms with E-state index in [9.17, 15) is 17.2 Å². The molecule has 8 heteroatoms. The van der Waals surface area contributed by atoms with E-state index in [4.69, 9.17) is 4.74 Å². The van der Waals surface area contributed by atoms with Crippen molar-refractivity contribution in [3.63, 3.8) is 0 Å². The van der Waals surface area contributed by atoms with Crippen LogP contribution in [0.3, 0.4) is 0 Å². The van der Waals surface area contributed by atoms with Gasteiger partial charge in [-0.2, -0.15) is 11.8 Å². The first-order valence-corrected chi connectivity index (χ1v) is 8.60. The lowest BCUT2D eigenvalue weighted by molar-refractivity contribution is 0.0179. The molecule has 0 aromatic heterocycles. The first kappa shape index (κ1) is 15.7. The molecular weight excluding hydrogens is 308 g/mol. The minimum Gasteiger partial charge on any atom is -0.376 e. The van der Waals surface area contributed by atoms with Gasteiger partial charge in [-0.15, -0.1) is 0 Å². The van der Waals surface area contributed by atoms with E-state index in [1.807, 2.05) is 0 Å². The van der Waals surface area contributed by atoms with Gasteiger partial charge in [-0.3, -0.25) is 0 Å². The van der Waals surface area contributed by atoms with Crippen LogP contribution in [0, 0.1) is 11.6 Å². The van der Waals surface area contributed by atoms with Crippen molar-refractivity contribution in [3.8, 4) is 0 Å². The summed E-state index contributed by atoms with van der Waals surface area (Å²) in [6, 6.07) is 2.37. The fourth-order valence-corrected chi connectivity index (χ4v) is 4.53. The maximum atomic E-state index is 13.5. The highest BCUT2D eigenvalue weighted by atomic mass is 32.2. The quantitative estimate of drug-likeness (QED) is 0.897. The summed E-state index contributed by atoms with van der Waals surface area (Å²) < 4.78 is 58.1. The maximum absolute atomic E-state index is 13.5. The highest BCUT2D eigenvalue weighted by molar-refractivity contribution is 7.99. The summed E-state index contributed by atoms with van der Waals surface area (Å²) in [4.78, 5) is -0.559. The standard InChI is InChI=1S/C12H15F2NO3S2/c1-18-12(4-5-19-8-12)7-15-20(16,17)11-3-2-9(13)6-10(11)14/h2-3,6,15H,4-5,7-8H2,1H3. The summed E-state index contributed by atoms with van der Waals surface area (Å²) in [5.74, 6) is -0.356. The number of thioether (sulfide) groups is 1. The Morgan fingerprint density at radius 3 is 2.75 bits per heavy atom. The molecule has 0 radical (unpaired) electrons. The lowest BCUT2D eigenvalue weighted by atomic mass is 10.0. The van der Waals surface area contributed by atoms with Gasteiger partial charge in [0.25, 0.3) is 0 Å². The molecule has 2 rings (SSSR count). The van der Waals surface area contributed by atoms with Gasteiger partial charge in [-0.25, -0.2) is 21.9 Å². The van der Waals surface area contributed by atoms with E-state index in [-0.39, 0.29) is 6.54 Å².